The van der Waals surface area contributed by atoms with Gasteiger partial charge in [-0.25, -0.2) is 9.59 Å². The minimum absolute atomic E-state index is 0.0706. The number of carboxylic acids is 1. The quantitative estimate of drug-likeness (QED) is 0.759. The predicted octanol–water partition coefficient (Wildman–Crippen LogP) is 0.113. The maximum atomic E-state index is 12.2. The van der Waals surface area contributed by atoms with Crippen LogP contribution in [-0.4, -0.2) is 65.0 Å². The van der Waals surface area contributed by atoms with Gasteiger partial charge in [-0.2, -0.15) is 0 Å². The number of carboxylic acid groups (broad SMARTS) is 1. The zero-order valence-electron chi connectivity index (χ0n) is 11.6. The fourth-order valence-corrected chi connectivity index (χ4v) is 2.23. The van der Waals surface area contributed by atoms with Gasteiger partial charge in [0.25, 0.3) is 0 Å². The van der Waals surface area contributed by atoms with Crippen molar-refractivity contribution >= 4 is 17.9 Å². The molecule has 1 atom stereocenters. The Bertz CT molecular complexity index is 385. The molecular formula is C12H21N3O4. The Morgan fingerprint density at radius 3 is 2.58 bits per heavy atom. The molecular weight excluding hydrogens is 250 g/mol. The van der Waals surface area contributed by atoms with Crippen molar-refractivity contribution in [3.8, 4) is 0 Å². The fraction of sp³-hybridized carbons (Fsp3) is 0.750. The van der Waals surface area contributed by atoms with Crippen LogP contribution in [0.1, 0.15) is 26.7 Å². The van der Waals surface area contributed by atoms with Crippen molar-refractivity contribution in [3.63, 3.8) is 0 Å². The van der Waals surface area contributed by atoms with Crippen molar-refractivity contribution < 1.29 is 19.5 Å². The van der Waals surface area contributed by atoms with Crippen molar-refractivity contribution in [2.24, 2.45) is 0 Å². The highest BCUT2D eigenvalue weighted by atomic mass is 16.4. The van der Waals surface area contributed by atoms with E-state index in [1.165, 1.54) is 16.8 Å². The van der Waals surface area contributed by atoms with Crippen LogP contribution in [0.5, 0.6) is 0 Å². The third-order valence-corrected chi connectivity index (χ3v) is 3.41. The largest absolute Gasteiger partial charge is 0.480 e. The summed E-state index contributed by atoms with van der Waals surface area (Å²) >= 11 is 0. The van der Waals surface area contributed by atoms with Gasteiger partial charge in [-0.05, 0) is 26.7 Å². The monoisotopic (exact) mass is 271 g/mol. The number of rotatable bonds is 4. The van der Waals surface area contributed by atoms with E-state index in [9.17, 15) is 19.5 Å². The van der Waals surface area contributed by atoms with Gasteiger partial charge in [0.2, 0.25) is 5.91 Å². The van der Waals surface area contributed by atoms with E-state index in [0.29, 0.717) is 25.9 Å². The molecule has 0 spiro atoms. The highest BCUT2D eigenvalue weighted by Gasteiger charge is 2.46. The van der Waals surface area contributed by atoms with Crippen molar-refractivity contribution in [1.29, 1.82) is 0 Å². The molecule has 1 aliphatic rings. The average Bonchev–Trinajstić information content (AvgIpc) is 2.72. The number of aliphatic carboxylic acids is 1. The van der Waals surface area contributed by atoms with E-state index in [1.54, 1.807) is 13.8 Å². The number of hydrogen-bond acceptors (Lipinski definition) is 3. The Morgan fingerprint density at radius 1 is 1.42 bits per heavy atom. The molecule has 1 saturated heterocycles. The number of likely N-dealkylation sites (N-methyl/N-ethyl adjacent to an activating group) is 2. The van der Waals surface area contributed by atoms with Gasteiger partial charge in [-0.1, -0.05) is 0 Å². The molecule has 0 aromatic carbocycles. The van der Waals surface area contributed by atoms with Crippen molar-refractivity contribution in [1.82, 2.24) is 15.1 Å². The molecule has 0 aliphatic carbocycles. The summed E-state index contributed by atoms with van der Waals surface area (Å²) in [5.41, 5.74) is -1.17. The molecule has 108 valence electrons. The molecule has 0 bridgehead atoms. The average molecular weight is 271 g/mol. The van der Waals surface area contributed by atoms with Crippen LogP contribution in [0.4, 0.5) is 4.79 Å². The van der Waals surface area contributed by atoms with E-state index in [0.717, 1.165) is 0 Å². The van der Waals surface area contributed by atoms with E-state index in [4.69, 9.17) is 0 Å². The molecule has 1 unspecified atom stereocenters. The van der Waals surface area contributed by atoms with Gasteiger partial charge < -0.3 is 20.2 Å². The summed E-state index contributed by atoms with van der Waals surface area (Å²) in [6.45, 7) is 4.17. The smallest absolute Gasteiger partial charge is 0.329 e. The topological polar surface area (TPSA) is 90.0 Å². The van der Waals surface area contributed by atoms with Gasteiger partial charge in [0, 0.05) is 20.1 Å². The first-order valence-corrected chi connectivity index (χ1v) is 6.35. The van der Waals surface area contributed by atoms with Gasteiger partial charge in [0.1, 0.15) is 12.1 Å². The van der Waals surface area contributed by atoms with Crippen LogP contribution in [0.15, 0.2) is 0 Å². The van der Waals surface area contributed by atoms with Crippen LogP contribution in [-0.2, 0) is 9.59 Å². The van der Waals surface area contributed by atoms with E-state index >= 15 is 0 Å². The van der Waals surface area contributed by atoms with Gasteiger partial charge >= 0.3 is 12.0 Å². The number of carbonyl (C=O) groups is 3. The molecule has 1 aliphatic heterocycles. The number of amides is 3. The minimum Gasteiger partial charge on any atom is -0.480 e. The third-order valence-electron chi connectivity index (χ3n) is 3.41. The lowest BCUT2D eigenvalue weighted by Gasteiger charge is -2.34. The van der Waals surface area contributed by atoms with E-state index < -0.39 is 17.5 Å². The molecule has 7 nitrogen and oxygen atoms in total. The standard InChI is InChI=1S/C12H21N3O4/c1-4-13-9(16)8-14(3)11(19)15-7-5-6-12(15,2)10(17)18/h4-8H2,1-3H3,(H,13,16)(H,17,18). The second-order valence-corrected chi connectivity index (χ2v) is 4.93. The zero-order chi connectivity index (χ0) is 14.6. The maximum absolute atomic E-state index is 12.2. The van der Waals surface area contributed by atoms with Gasteiger partial charge in [-0.15, -0.1) is 0 Å². The number of hydrogen-bond donors (Lipinski definition) is 2. The normalized spacial score (nSPS) is 22.2. The van der Waals surface area contributed by atoms with E-state index in [-0.39, 0.29) is 12.5 Å². The van der Waals surface area contributed by atoms with Crippen molar-refractivity contribution in [2.75, 3.05) is 26.7 Å². The predicted molar refractivity (Wildman–Crippen MR) is 68.7 cm³/mol. The summed E-state index contributed by atoms with van der Waals surface area (Å²) in [5, 5.41) is 11.8. The van der Waals surface area contributed by atoms with Crippen molar-refractivity contribution in [3.05, 3.63) is 0 Å². The molecule has 0 aromatic rings. The van der Waals surface area contributed by atoms with E-state index in [1.807, 2.05) is 0 Å². The number of nitrogens with zero attached hydrogens (tertiary/aromatic N) is 2. The molecule has 19 heavy (non-hydrogen) atoms. The molecule has 0 aromatic heterocycles. The molecule has 1 fully saturated rings. The Kier molecular flexibility index (Phi) is 4.74. The summed E-state index contributed by atoms with van der Waals surface area (Å²) in [4.78, 5) is 37.5. The van der Waals surface area contributed by atoms with Gasteiger partial charge in [-0.3, -0.25) is 4.79 Å². The first kappa shape index (κ1) is 15.3. The fourth-order valence-electron chi connectivity index (χ4n) is 2.23. The van der Waals surface area contributed by atoms with Crippen LogP contribution in [0, 0.1) is 0 Å². The molecule has 7 heteroatoms. The number of likely N-dealkylation sites (tertiary alicyclic amines) is 1. The molecule has 1 rings (SSSR count). The zero-order valence-corrected chi connectivity index (χ0v) is 11.6. The second-order valence-electron chi connectivity index (χ2n) is 4.93. The summed E-state index contributed by atoms with van der Waals surface area (Å²) < 4.78 is 0. The molecule has 2 N–H and O–H groups in total. The summed E-state index contributed by atoms with van der Waals surface area (Å²) in [6.07, 6.45) is 1.09. The summed E-state index contributed by atoms with van der Waals surface area (Å²) in [5.74, 6) is -1.26. The molecule has 0 saturated carbocycles. The Balaban J connectivity index is 2.71. The maximum Gasteiger partial charge on any atom is 0.329 e. The number of nitrogens with one attached hydrogen (secondary N) is 1. The Hall–Kier alpha value is -1.79. The third kappa shape index (κ3) is 3.15. The van der Waals surface area contributed by atoms with Crippen LogP contribution in [0.25, 0.3) is 0 Å². The summed E-state index contributed by atoms with van der Waals surface area (Å²) in [6, 6.07) is -0.423. The lowest BCUT2D eigenvalue weighted by Crippen LogP contribution is -2.55. The SMILES string of the molecule is CCNC(=O)CN(C)C(=O)N1CCCC1(C)C(=O)O. The lowest BCUT2D eigenvalue weighted by molar-refractivity contribution is -0.147. The summed E-state index contributed by atoms with van der Waals surface area (Å²) in [7, 11) is 1.50. The number of urea groups is 1. The Labute approximate surface area is 112 Å². The van der Waals surface area contributed by atoms with Gasteiger partial charge in [0.05, 0.1) is 0 Å². The minimum atomic E-state index is -1.17. The van der Waals surface area contributed by atoms with E-state index in [2.05, 4.69) is 5.32 Å². The Morgan fingerprint density at radius 2 is 2.05 bits per heavy atom. The molecule has 3 amide bonds. The van der Waals surface area contributed by atoms with Crippen LogP contribution < -0.4 is 5.32 Å². The van der Waals surface area contributed by atoms with Crippen LogP contribution in [0.2, 0.25) is 0 Å². The van der Waals surface area contributed by atoms with Crippen LogP contribution >= 0.6 is 0 Å². The highest BCUT2D eigenvalue weighted by molar-refractivity contribution is 5.89. The number of carbonyl (C=O) groups excluding carboxylic acids is 2. The van der Waals surface area contributed by atoms with Crippen LogP contribution in [0.3, 0.4) is 0 Å². The lowest BCUT2D eigenvalue weighted by atomic mass is 10.00. The molecule has 1 heterocycles. The van der Waals surface area contributed by atoms with Crippen molar-refractivity contribution in [2.45, 2.75) is 32.2 Å². The molecule has 0 radical (unpaired) electrons. The first-order valence-electron chi connectivity index (χ1n) is 6.35. The van der Waals surface area contributed by atoms with Gasteiger partial charge in [0.15, 0.2) is 0 Å². The highest BCUT2D eigenvalue weighted by Crippen LogP contribution is 2.29. The first-order chi connectivity index (χ1) is 8.82. The second kappa shape index (κ2) is 5.90.